The fraction of sp³-hybridized carbons (Fsp3) is 0.500. The molecular formula is C14H20N4O3. The average molecular weight is 292 g/mol. The van der Waals surface area contributed by atoms with Gasteiger partial charge >= 0.3 is 0 Å². The first-order valence-electron chi connectivity index (χ1n) is 6.97. The number of nitrogens with zero attached hydrogens (tertiary/aromatic N) is 3. The second kappa shape index (κ2) is 7.14. The number of amides is 1. The Morgan fingerprint density at radius 3 is 2.71 bits per heavy atom. The Labute approximate surface area is 123 Å². The predicted octanol–water partition coefficient (Wildman–Crippen LogP) is 0.458. The van der Waals surface area contributed by atoms with Gasteiger partial charge in [-0.25, -0.2) is 0 Å². The molecule has 1 aromatic carbocycles. The molecule has 2 rings (SSSR count). The number of para-hydroxylation sites is 1. The maximum Gasteiger partial charge on any atom is 0.273 e. The van der Waals surface area contributed by atoms with E-state index >= 15 is 0 Å². The molecule has 21 heavy (non-hydrogen) atoms. The molecule has 0 radical (unpaired) electrons. The van der Waals surface area contributed by atoms with E-state index in [1.54, 1.807) is 25.2 Å². The molecular weight excluding hydrogens is 272 g/mol. The second-order valence-electron chi connectivity index (χ2n) is 5.19. The zero-order valence-electron chi connectivity index (χ0n) is 12.1. The third kappa shape index (κ3) is 4.24. The number of nitrogens with one attached hydrogen (secondary N) is 1. The smallest absolute Gasteiger partial charge is 0.273 e. The molecule has 1 heterocycles. The van der Waals surface area contributed by atoms with E-state index in [1.807, 2.05) is 9.80 Å². The Hall–Kier alpha value is -1.99. The summed E-state index contributed by atoms with van der Waals surface area (Å²) in [5, 5.41) is 14.2. The van der Waals surface area contributed by atoms with E-state index in [9.17, 15) is 14.9 Å². The maximum atomic E-state index is 12.1. The van der Waals surface area contributed by atoms with Gasteiger partial charge in [0, 0.05) is 44.4 Å². The summed E-state index contributed by atoms with van der Waals surface area (Å²) in [4.78, 5) is 26.4. The molecule has 0 spiro atoms. The summed E-state index contributed by atoms with van der Waals surface area (Å²) < 4.78 is 0. The SMILES string of the molecule is CN(CC(=O)N1CCNCC1)Cc1ccccc1[N+](=O)[O-]. The highest BCUT2D eigenvalue weighted by Gasteiger charge is 2.19. The molecule has 0 unspecified atom stereocenters. The molecule has 0 aliphatic carbocycles. The standard InChI is InChI=1S/C14H20N4O3/c1-16(11-14(19)17-8-6-15-7-9-17)10-12-4-2-3-5-13(12)18(20)21/h2-5,15H,6-11H2,1H3. The van der Waals surface area contributed by atoms with Crippen molar-refractivity contribution in [3.8, 4) is 0 Å². The Morgan fingerprint density at radius 1 is 1.38 bits per heavy atom. The topological polar surface area (TPSA) is 78.7 Å². The van der Waals surface area contributed by atoms with E-state index in [2.05, 4.69) is 5.32 Å². The van der Waals surface area contributed by atoms with E-state index < -0.39 is 0 Å². The maximum absolute atomic E-state index is 12.1. The molecule has 0 bridgehead atoms. The number of rotatable bonds is 5. The predicted molar refractivity (Wildman–Crippen MR) is 78.9 cm³/mol. The first-order chi connectivity index (χ1) is 10.1. The Bertz CT molecular complexity index is 515. The number of nitro groups is 1. The van der Waals surface area contributed by atoms with Crippen LogP contribution in [0.4, 0.5) is 5.69 Å². The van der Waals surface area contributed by atoms with Crippen molar-refractivity contribution in [1.29, 1.82) is 0 Å². The molecule has 1 aliphatic rings. The lowest BCUT2D eigenvalue weighted by molar-refractivity contribution is -0.385. The zero-order chi connectivity index (χ0) is 15.2. The minimum absolute atomic E-state index is 0.0672. The molecule has 0 atom stereocenters. The fourth-order valence-electron chi connectivity index (χ4n) is 2.41. The van der Waals surface area contributed by atoms with Gasteiger partial charge in [0.1, 0.15) is 0 Å². The van der Waals surface area contributed by atoms with Crippen molar-refractivity contribution in [3.63, 3.8) is 0 Å². The minimum atomic E-state index is -0.388. The first-order valence-corrected chi connectivity index (χ1v) is 6.97. The van der Waals surface area contributed by atoms with Crippen LogP contribution < -0.4 is 5.32 Å². The van der Waals surface area contributed by atoms with E-state index in [1.165, 1.54) is 6.07 Å². The number of nitro benzene ring substituents is 1. The molecule has 0 saturated carbocycles. The van der Waals surface area contributed by atoms with E-state index in [-0.39, 0.29) is 23.1 Å². The van der Waals surface area contributed by atoms with Gasteiger partial charge in [-0.05, 0) is 7.05 Å². The average Bonchev–Trinajstić information content (AvgIpc) is 2.48. The van der Waals surface area contributed by atoms with Gasteiger partial charge in [-0.2, -0.15) is 0 Å². The highest BCUT2D eigenvalue weighted by atomic mass is 16.6. The number of carbonyl (C=O) groups is 1. The summed E-state index contributed by atoms with van der Waals surface area (Å²) in [7, 11) is 1.80. The third-order valence-electron chi connectivity index (χ3n) is 3.50. The van der Waals surface area contributed by atoms with E-state index in [0.29, 0.717) is 12.1 Å². The minimum Gasteiger partial charge on any atom is -0.339 e. The van der Waals surface area contributed by atoms with Crippen LogP contribution in [0.5, 0.6) is 0 Å². The van der Waals surface area contributed by atoms with Crippen molar-refractivity contribution < 1.29 is 9.72 Å². The summed E-state index contributed by atoms with van der Waals surface area (Å²) in [6.45, 7) is 3.73. The van der Waals surface area contributed by atoms with Crippen LogP contribution in [0, 0.1) is 10.1 Å². The fourth-order valence-corrected chi connectivity index (χ4v) is 2.41. The molecule has 1 N–H and O–H groups in total. The molecule has 1 amide bonds. The molecule has 0 aromatic heterocycles. The van der Waals surface area contributed by atoms with Gasteiger partial charge in [0.05, 0.1) is 11.5 Å². The molecule has 114 valence electrons. The Balaban J connectivity index is 1.93. The van der Waals surface area contributed by atoms with Crippen LogP contribution in [-0.4, -0.2) is 60.4 Å². The van der Waals surface area contributed by atoms with Gasteiger partial charge in [0.2, 0.25) is 5.91 Å². The second-order valence-corrected chi connectivity index (χ2v) is 5.19. The molecule has 1 fully saturated rings. The quantitative estimate of drug-likeness (QED) is 0.630. The highest BCUT2D eigenvalue weighted by molar-refractivity contribution is 5.78. The van der Waals surface area contributed by atoms with Crippen LogP contribution in [0.2, 0.25) is 0 Å². The van der Waals surface area contributed by atoms with Crippen molar-refractivity contribution in [2.24, 2.45) is 0 Å². The Kier molecular flexibility index (Phi) is 5.24. The molecule has 1 saturated heterocycles. The number of hydrogen-bond donors (Lipinski definition) is 1. The number of carbonyl (C=O) groups excluding carboxylic acids is 1. The van der Waals surface area contributed by atoms with Gasteiger partial charge in [0.15, 0.2) is 0 Å². The van der Waals surface area contributed by atoms with Crippen molar-refractivity contribution in [1.82, 2.24) is 15.1 Å². The zero-order valence-corrected chi connectivity index (χ0v) is 12.1. The van der Waals surface area contributed by atoms with Crippen LogP contribution in [-0.2, 0) is 11.3 Å². The third-order valence-corrected chi connectivity index (χ3v) is 3.50. The van der Waals surface area contributed by atoms with Gasteiger partial charge in [-0.15, -0.1) is 0 Å². The summed E-state index contributed by atoms with van der Waals surface area (Å²) in [6.07, 6.45) is 0. The summed E-state index contributed by atoms with van der Waals surface area (Å²) >= 11 is 0. The van der Waals surface area contributed by atoms with Crippen LogP contribution in [0.1, 0.15) is 5.56 Å². The van der Waals surface area contributed by atoms with Crippen molar-refractivity contribution >= 4 is 11.6 Å². The van der Waals surface area contributed by atoms with E-state index in [0.717, 1.165) is 26.2 Å². The van der Waals surface area contributed by atoms with Crippen LogP contribution in [0.3, 0.4) is 0 Å². The lowest BCUT2D eigenvalue weighted by Gasteiger charge is -2.29. The largest absolute Gasteiger partial charge is 0.339 e. The molecule has 7 nitrogen and oxygen atoms in total. The van der Waals surface area contributed by atoms with Crippen LogP contribution in [0.15, 0.2) is 24.3 Å². The van der Waals surface area contributed by atoms with Crippen molar-refractivity contribution in [2.45, 2.75) is 6.54 Å². The number of benzene rings is 1. The van der Waals surface area contributed by atoms with Crippen LogP contribution in [0.25, 0.3) is 0 Å². The first kappa shape index (κ1) is 15.4. The van der Waals surface area contributed by atoms with Gasteiger partial charge in [-0.1, -0.05) is 18.2 Å². The van der Waals surface area contributed by atoms with Crippen molar-refractivity contribution in [3.05, 3.63) is 39.9 Å². The molecule has 1 aliphatic heterocycles. The lowest BCUT2D eigenvalue weighted by atomic mass is 10.1. The summed E-state index contributed by atoms with van der Waals surface area (Å²) in [6, 6.07) is 6.63. The molecule has 1 aromatic rings. The number of likely N-dealkylation sites (N-methyl/N-ethyl adjacent to an activating group) is 1. The monoisotopic (exact) mass is 292 g/mol. The summed E-state index contributed by atoms with van der Waals surface area (Å²) in [5.74, 6) is 0.0672. The van der Waals surface area contributed by atoms with Gasteiger partial charge in [-0.3, -0.25) is 19.8 Å². The molecule has 7 heteroatoms. The van der Waals surface area contributed by atoms with Gasteiger partial charge in [0.25, 0.3) is 5.69 Å². The normalized spacial score (nSPS) is 15.2. The van der Waals surface area contributed by atoms with Gasteiger partial charge < -0.3 is 10.2 Å². The highest BCUT2D eigenvalue weighted by Crippen LogP contribution is 2.18. The lowest BCUT2D eigenvalue weighted by Crippen LogP contribution is -2.49. The summed E-state index contributed by atoms with van der Waals surface area (Å²) in [5.41, 5.74) is 0.720. The number of hydrogen-bond acceptors (Lipinski definition) is 5. The Morgan fingerprint density at radius 2 is 2.05 bits per heavy atom. The van der Waals surface area contributed by atoms with E-state index in [4.69, 9.17) is 0 Å². The number of piperazine rings is 1. The van der Waals surface area contributed by atoms with Crippen molar-refractivity contribution in [2.75, 3.05) is 39.8 Å². The van der Waals surface area contributed by atoms with Crippen LogP contribution >= 0.6 is 0 Å².